The molecule has 0 bridgehead atoms. The number of carbonyl (C=O) groups is 2. The van der Waals surface area contributed by atoms with Crippen LogP contribution in [0.2, 0.25) is 0 Å². The van der Waals surface area contributed by atoms with E-state index in [0.29, 0.717) is 33.1 Å². The monoisotopic (exact) mass is 568 g/mol. The summed E-state index contributed by atoms with van der Waals surface area (Å²) in [5.41, 5.74) is 15.3. The number of thiazole rings is 1. The van der Waals surface area contributed by atoms with E-state index in [-0.39, 0.29) is 22.6 Å². The summed E-state index contributed by atoms with van der Waals surface area (Å²) in [4.78, 5) is 42.0. The maximum absolute atomic E-state index is 14.2. The van der Waals surface area contributed by atoms with Crippen LogP contribution in [0.3, 0.4) is 0 Å². The molecule has 0 atom stereocenters. The molecule has 0 unspecified atom stereocenters. The van der Waals surface area contributed by atoms with E-state index in [4.69, 9.17) is 16.5 Å². The molecule has 206 valence electrons. The Morgan fingerprint density at radius 2 is 1.73 bits per heavy atom. The molecule has 0 fully saturated rings. The van der Waals surface area contributed by atoms with E-state index in [1.165, 1.54) is 6.07 Å². The summed E-state index contributed by atoms with van der Waals surface area (Å²) in [6, 6.07) is 17.1. The van der Waals surface area contributed by atoms with Gasteiger partial charge < -0.3 is 16.8 Å². The van der Waals surface area contributed by atoms with Crippen molar-refractivity contribution in [3.8, 4) is 17.1 Å². The van der Waals surface area contributed by atoms with Gasteiger partial charge in [0.25, 0.3) is 11.8 Å². The van der Waals surface area contributed by atoms with Gasteiger partial charge in [0.05, 0.1) is 21.3 Å². The van der Waals surface area contributed by atoms with Crippen molar-refractivity contribution in [1.29, 1.82) is 0 Å². The van der Waals surface area contributed by atoms with Gasteiger partial charge in [-0.05, 0) is 54.1 Å². The van der Waals surface area contributed by atoms with Gasteiger partial charge in [-0.3, -0.25) is 14.2 Å². The van der Waals surface area contributed by atoms with Gasteiger partial charge in [0.1, 0.15) is 17.2 Å². The van der Waals surface area contributed by atoms with E-state index in [2.05, 4.69) is 20.3 Å². The van der Waals surface area contributed by atoms with Gasteiger partial charge in [0, 0.05) is 24.6 Å². The number of fused-ring (bicyclic) bond motifs is 2. The summed E-state index contributed by atoms with van der Waals surface area (Å²) < 4.78 is 16.4. The number of amides is 2. The third-order valence-electron chi connectivity index (χ3n) is 6.06. The summed E-state index contributed by atoms with van der Waals surface area (Å²) >= 11 is 0.937. The van der Waals surface area contributed by atoms with Gasteiger partial charge in [0.15, 0.2) is 16.5 Å². The second-order valence-electron chi connectivity index (χ2n) is 8.59. The van der Waals surface area contributed by atoms with E-state index in [1.54, 1.807) is 18.5 Å². The number of imidazole rings is 1. The summed E-state index contributed by atoms with van der Waals surface area (Å²) in [5, 5.41) is 2.80. The van der Waals surface area contributed by atoms with E-state index in [1.807, 2.05) is 60.9 Å². The predicted molar refractivity (Wildman–Crippen MR) is 157 cm³/mol. The lowest BCUT2D eigenvalue weighted by atomic mass is 10.1. The molecule has 2 amide bonds. The number of nitrogens with zero attached hydrogens (tertiary/aromatic N) is 5. The average Bonchev–Trinajstić information content (AvgIpc) is 3.59. The van der Waals surface area contributed by atoms with Gasteiger partial charge in [-0.2, -0.15) is 0 Å². The number of nitrogen functional groups attached to an aromatic ring is 1. The zero-order valence-corrected chi connectivity index (χ0v) is 22.9. The summed E-state index contributed by atoms with van der Waals surface area (Å²) in [5.74, 6) is -0.919. The molecular weight excluding hydrogens is 543 g/mol. The Morgan fingerprint density at radius 3 is 2.46 bits per heavy atom. The van der Waals surface area contributed by atoms with E-state index in [9.17, 15) is 14.0 Å². The summed E-state index contributed by atoms with van der Waals surface area (Å²) in [6.45, 7) is 4.18. The van der Waals surface area contributed by atoms with Crippen LogP contribution >= 0.6 is 11.3 Å². The lowest BCUT2D eigenvalue weighted by Gasteiger charge is -2.11. The molecule has 0 aliphatic rings. The van der Waals surface area contributed by atoms with Crippen molar-refractivity contribution >= 4 is 50.3 Å². The fraction of sp³-hybridized carbons (Fsp3) is 0.103. The summed E-state index contributed by atoms with van der Waals surface area (Å²) in [7, 11) is 0. The third-order valence-corrected chi connectivity index (χ3v) is 7.08. The number of rotatable bonds is 6. The quantitative estimate of drug-likeness (QED) is 0.259. The molecule has 0 saturated heterocycles. The fourth-order valence-corrected chi connectivity index (χ4v) is 5.13. The molecule has 0 aliphatic heterocycles. The molecule has 0 aliphatic carbocycles. The van der Waals surface area contributed by atoms with E-state index < -0.39 is 17.6 Å². The van der Waals surface area contributed by atoms with Crippen LogP contribution in [0.4, 0.5) is 10.2 Å². The van der Waals surface area contributed by atoms with Crippen molar-refractivity contribution in [2.75, 3.05) is 5.73 Å². The highest BCUT2D eigenvalue weighted by molar-refractivity contribution is 7.20. The Hall–Kier alpha value is -5.23. The Balaban J connectivity index is 0.00000165. The molecule has 0 spiro atoms. The zero-order valence-electron chi connectivity index (χ0n) is 22.1. The van der Waals surface area contributed by atoms with Crippen molar-refractivity contribution < 1.29 is 14.0 Å². The number of aromatic nitrogens is 5. The Morgan fingerprint density at radius 1 is 1.00 bits per heavy atom. The SMILES string of the molecule is CC.NC(=O)c1nc2c(C(=O)NCc3ccc(-n4c(-c5cccnc5N)nc5cccnc54)cc3)cc(F)cc2s1. The van der Waals surface area contributed by atoms with Gasteiger partial charge in [-0.1, -0.05) is 26.0 Å². The minimum absolute atomic E-state index is 0.00848. The van der Waals surface area contributed by atoms with Crippen molar-refractivity contribution in [2.24, 2.45) is 5.73 Å². The van der Waals surface area contributed by atoms with Crippen LogP contribution in [-0.4, -0.2) is 36.3 Å². The molecule has 2 aromatic carbocycles. The van der Waals surface area contributed by atoms with Gasteiger partial charge in [0.2, 0.25) is 0 Å². The number of anilines is 1. The number of hydrogen-bond donors (Lipinski definition) is 3. The number of primary amides is 1. The van der Waals surface area contributed by atoms with Gasteiger partial charge in [-0.15, -0.1) is 11.3 Å². The van der Waals surface area contributed by atoms with Crippen molar-refractivity contribution in [2.45, 2.75) is 20.4 Å². The molecule has 10 nitrogen and oxygen atoms in total. The van der Waals surface area contributed by atoms with Gasteiger partial charge in [-0.25, -0.2) is 24.3 Å². The standard InChI is InChI=1S/C27H19FN8O2S.C2H6/c28-15-11-18(21-20(12-15)39-27(35-21)23(30)37)26(38)33-13-14-5-7-16(8-6-14)36-24(17-3-1-9-31-22(17)29)34-19-4-2-10-32-25(19)36;1-2/h1-12H,13H2,(H2,29,31)(H2,30,37)(H,33,38);1-2H3. The van der Waals surface area contributed by atoms with Crippen molar-refractivity contribution in [1.82, 2.24) is 29.8 Å². The third kappa shape index (κ3) is 5.32. The maximum Gasteiger partial charge on any atom is 0.277 e. The van der Waals surface area contributed by atoms with Crippen LogP contribution in [0.5, 0.6) is 0 Å². The number of benzene rings is 2. The molecule has 0 saturated carbocycles. The molecular formula is C29H25FN8O2S. The molecule has 0 radical (unpaired) electrons. The number of halogens is 1. The van der Waals surface area contributed by atoms with Crippen LogP contribution in [0.1, 0.15) is 39.6 Å². The minimum Gasteiger partial charge on any atom is -0.383 e. The van der Waals surface area contributed by atoms with Gasteiger partial charge >= 0.3 is 0 Å². The number of nitrogens with two attached hydrogens (primary N) is 2. The van der Waals surface area contributed by atoms with Crippen LogP contribution in [0, 0.1) is 5.82 Å². The molecule has 6 rings (SSSR count). The lowest BCUT2D eigenvalue weighted by molar-refractivity contribution is 0.0950. The first kappa shape index (κ1) is 27.3. The van der Waals surface area contributed by atoms with Crippen LogP contribution in [0.25, 0.3) is 38.5 Å². The maximum atomic E-state index is 14.2. The molecule has 5 N–H and O–H groups in total. The highest BCUT2D eigenvalue weighted by Crippen LogP contribution is 2.30. The molecule has 4 aromatic heterocycles. The van der Waals surface area contributed by atoms with Crippen LogP contribution < -0.4 is 16.8 Å². The first-order chi connectivity index (χ1) is 19.9. The molecule has 12 heteroatoms. The van der Waals surface area contributed by atoms with Crippen molar-refractivity contribution in [3.05, 3.63) is 95.0 Å². The topological polar surface area (TPSA) is 155 Å². The van der Waals surface area contributed by atoms with E-state index in [0.717, 1.165) is 28.7 Å². The number of nitrogens with one attached hydrogen (secondary N) is 1. The highest BCUT2D eigenvalue weighted by Gasteiger charge is 2.19. The number of hydrogen-bond acceptors (Lipinski definition) is 8. The molecule has 4 heterocycles. The zero-order chi connectivity index (χ0) is 29.1. The number of pyridine rings is 2. The minimum atomic E-state index is -0.738. The lowest BCUT2D eigenvalue weighted by Crippen LogP contribution is -2.23. The van der Waals surface area contributed by atoms with Crippen molar-refractivity contribution in [3.63, 3.8) is 0 Å². The molecule has 6 aromatic rings. The predicted octanol–water partition coefficient (Wildman–Crippen LogP) is 4.87. The second kappa shape index (κ2) is 11.5. The van der Waals surface area contributed by atoms with E-state index >= 15 is 0 Å². The largest absolute Gasteiger partial charge is 0.383 e. The fourth-order valence-electron chi connectivity index (χ4n) is 4.26. The second-order valence-corrected chi connectivity index (χ2v) is 9.62. The smallest absolute Gasteiger partial charge is 0.277 e. The summed E-state index contributed by atoms with van der Waals surface area (Å²) in [6.07, 6.45) is 3.31. The van der Waals surface area contributed by atoms with Crippen LogP contribution in [-0.2, 0) is 6.54 Å². The highest BCUT2D eigenvalue weighted by atomic mass is 32.1. The first-order valence-corrected chi connectivity index (χ1v) is 13.5. The number of carbonyl (C=O) groups excluding carboxylic acids is 2. The normalized spacial score (nSPS) is 10.8. The average molecular weight is 569 g/mol. The Bertz CT molecular complexity index is 1900. The Kier molecular flexibility index (Phi) is 7.66. The first-order valence-electron chi connectivity index (χ1n) is 12.7. The van der Waals surface area contributed by atoms with Crippen LogP contribution in [0.15, 0.2) is 73.1 Å². The Labute approximate surface area is 237 Å². The molecule has 41 heavy (non-hydrogen) atoms.